The number of anilines is 1. The van der Waals surface area contributed by atoms with E-state index in [1.165, 1.54) is 4.80 Å². The zero-order valence-corrected chi connectivity index (χ0v) is 13.8. The number of nitrogens with zero attached hydrogens (tertiary/aromatic N) is 5. The number of hydrogen-bond donors (Lipinski definition) is 0. The highest BCUT2D eigenvalue weighted by Crippen LogP contribution is 2.20. The van der Waals surface area contributed by atoms with Gasteiger partial charge in [0.2, 0.25) is 5.82 Å². The maximum Gasteiger partial charge on any atom is 0.250 e. The summed E-state index contributed by atoms with van der Waals surface area (Å²) in [6, 6.07) is 13.5. The van der Waals surface area contributed by atoms with E-state index in [2.05, 4.69) is 15.4 Å². The van der Waals surface area contributed by atoms with Gasteiger partial charge in [-0.05, 0) is 42.6 Å². The van der Waals surface area contributed by atoms with Crippen molar-refractivity contribution in [1.82, 2.24) is 20.2 Å². The van der Waals surface area contributed by atoms with Gasteiger partial charge in [0.05, 0.1) is 4.88 Å². The summed E-state index contributed by atoms with van der Waals surface area (Å²) >= 11 is 1.54. The number of carbonyl (C=O) groups excluding carboxylic acids is 1. The minimum atomic E-state index is -0.0682. The second-order valence-electron chi connectivity index (χ2n) is 5.31. The monoisotopic (exact) mass is 327 g/mol. The van der Waals surface area contributed by atoms with Crippen molar-refractivity contribution >= 4 is 22.9 Å². The minimum Gasteiger partial charge on any atom is -0.308 e. The fourth-order valence-corrected chi connectivity index (χ4v) is 2.98. The second kappa shape index (κ2) is 6.70. The van der Waals surface area contributed by atoms with Gasteiger partial charge >= 0.3 is 0 Å². The first-order chi connectivity index (χ1) is 11.1. The van der Waals surface area contributed by atoms with Crippen LogP contribution in [-0.2, 0) is 11.3 Å². The maximum atomic E-state index is 12.7. The molecule has 0 unspecified atom stereocenters. The van der Waals surface area contributed by atoms with Gasteiger partial charge in [0.25, 0.3) is 5.91 Å². The highest BCUT2D eigenvalue weighted by molar-refractivity contribution is 7.13. The van der Waals surface area contributed by atoms with Gasteiger partial charge in [0.15, 0.2) is 0 Å². The quantitative estimate of drug-likeness (QED) is 0.723. The standard InChI is InChI=1S/C16H17N5OS/c1-12(2)21(13-7-4-3-5-8-13)15(22)11-20-18-16(17-19-20)14-9-6-10-23-14/h3-10,12H,11H2,1-2H3. The van der Waals surface area contributed by atoms with Crippen molar-refractivity contribution < 1.29 is 4.79 Å². The van der Waals surface area contributed by atoms with Gasteiger partial charge in [0.1, 0.15) is 6.54 Å². The van der Waals surface area contributed by atoms with E-state index in [0.717, 1.165) is 10.6 Å². The van der Waals surface area contributed by atoms with Gasteiger partial charge in [0, 0.05) is 11.7 Å². The van der Waals surface area contributed by atoms with Crippen molar-refractivity contribution in [2.75, 3.05) is 4.90 Å². The Balaban J connectivity index is 1.77. The lowest BCUT2D eigenvalue weighted by Gasteiger charge is -2.26. The third-order valence-electron chi connectivity index (χ3n) is 3.29. The molecule has 0 saturated carbocycles. The molecule has 0 bridgehead atoms. The molecule has 0 aliphatic rings. The summed E-state index contributed by atoms with van der Waals surface area (Å²) < 4.78 is 0. The fraction of sp³-hybridized carbons (Fsp3) is 0.250. The van der Waals surface area contributed by atoms with Crippen LogP contribution in [0.1, 0.15) is 13.8 Å². The van der Waals surface area contributed by atoms with Crippen LogP contribution in [0.5, 0.6) is 0 Å². The Morgan fingerprint density at radius 1 is 1.22 bits per heavy atom. The molecule has 2 aromatic heterocycles. The third-order valence-corrected chi connectivity index (χ3v) is 4.16. The molecule has 0 N–H and O–H groups in total. The van der Waals surface area contributed by atoms with Crippen LogP contribution in [0.3, 0.4) is 0 Å². The van der Waals surface area contributed by atoms with Crippen LogP contribution in [0.25, 0.3) is 10.7 Å². The lowest BCUT2D eigenvalue weighted by Crippen LogP contribution is -2.39. The number of carbonyl (C=O) groups is 1. The van der Waals surface area contributed by atoms with Gasteiger partial charge < -0.3 is 4.90 Å². The van der Waals surface area contributed by atoms with Crippen LogP contribution in [0, 0.1) is 0 Å². The first-order valence-corrected chi connectivity index (χ1v) is 8.22. The molecule has 3 rings (SSSR count). The van der Waals surface area contributed by atoms with E-state index in [9.17, 15) is 4.79 Å². The predicted molar refractivity (Wildman–Crippen MR) is 90.2 cm³/mol. The summed E-state index contributed by atoms with van der Waals surface area (Å²) in [5, 5.41) is 14.2. The SMILES string of the molecule is CC(C)N(C(=O)Cn1nnc(-c2cccs2)n1)c1ccccc1. The second-order valence-corrected chi connectivity index (χ2v) is 6.26. The normalized spacial score (nSPS) is 10.9. The van der Waals surface area contributed by atoms with Gasteiger partial charge in [-0.1, -0.05) is 24.3 Å². The lowest BCUT2D eigenvalue weighted by atomic mass is 10.2. The number of rotatable bonds is 5. The van der Waals surface area contributed by atoms with E-state index < -0.39 is 0 Å². The average Bonchev–Trinajstić information content (AvgIpc) is 3.19. The Morgan fingerprint density at radius 3 is 2.65 bits per heavy atom. The topological polar surface area (TPSA) is 63.9 Å². The molecular weight excluding hydrogens is 310 g/mol. The number of hydrogen-bond acceptors (Lipinski definition) is 5. The fourth-order valence-electron chi connectivity index (χ4n) is 2.33. The average molecular weight is 327 g/mol. The van der Waals surface area contributed by atoms with Crippen molar-refractivity contribution in [3.63, 3.8) is 0 Å². The van der Waals surface area contributed by atoms with Gasteiger partial charge in [-0.15, -0.1) is 21.5 Å². The van der Waals surface area contributed by atoms with Crippen LogP contribution in [0.15, 0.2) is 47.8 Å². The zero-order valence-electron chi connectivity index (χ0n) is 13.0. The van der Waals surface area contributed by atoms with Crippen molar-refractivity contribution in [2.24, 2.45) is 0 Å². The molecule has 0 saturated heterocycles. The van der Waals surface area contributed by atoms with E-state index in [1.807, 2.05) is 61.7 Å². The molecule has 7 heteroatoms. The van der Waals surface area contributed by atoms with Gasteiger partial charge in [-0.2, -0.15) is 4.80 Å². The summed E-state index contributed by atoms with van der Waals surface area (Å²) in [6.07, 6.45) is 0. The molecule has 1 amide bonds. The Morgan fingerprint density at radius 2 is 2.00 bits per heavy atom. The minimum absolute atomic E-state index is 0.0465. The largest absolute Gasteiger partial charge is 0.308 e. The molecule has 0 radical (unpaired) electrons. The number of tetrazole rings is 1. The number of para-hydroxylation sites is 1. The first kappa shape index (κ1) is 15.4. The number of amides is 1. The summed E-state index contributed by atoms with van der Waals surface area (Å²) in [7, 11) is 0. The molecule has 0 atom stereocenters. The first-order valence-electron chi connectivity index (χ1n) is 7.34. The molecular formula is C16H17N5OS. The molecule has 6 nitrogen and oxygen atoms in total. The number of benzene rings is 1. The van der Waals surface area contributed by atoms with Crippen LogP contribution >= 0.6 is 11.3 Å². The molecule has 118 valence electrons. The highest BCUT2D eigenvalue weighted by atomic mass is 32.1. The van der Waals surface area contributed by atoms with E-state index >= 15 is 0 Å². The van der Waals surface area contributed by atoms with E-state index in [0.29, 0.717) is 5.82 Å². The molecule has 0 aliphatic carbocycles. The van der Waals surface area contributed by atoms with Crippen molar-refractivity contribution in [3.8, 4) is 10.7 Å². The molecule has 0 spiro atoms. The Labute approximate surface area is 138 Å². The summed E-state index contributed by atoms with van der Waals surface area (Å²) in [4.78, 5) is 16.7. The maximum absolute atomic E-state index is 12.7. The Bertz CT molecular complexity index is 767. The summed E-state index contributed by atoms with van der Waals surface area (Å²) in [5.41, 5.74) is 0.867. The molecule has 23 heavy (non-hydrogen) atoms. The summed E-state index contributed by atoms with van der Waals surface area (Å²) in [5.74, 6) is 0.477. The highest BCUT2D eigenvalue weighted by Gasteiger charge is 2.20. The Hall–Kier alpha value is -2.54. The molecule has 0 aliphatic heterocycles. The molecule has 2 heterocycles. The number of aromatic nitrogens is 4. The molecule has 3 aromatic rings. The lowest BCUT2D eigenvalue weighted by molar-refractivity contribution is -0.119. The number of thiophene rings is 1. The summed E-state index contributed by atoms with van der Waals surface area (Å²) in [6.45, 7) is 4.03. The Kier molecular flexibility index (Phi) is 4.47. The van der Waals surface area contributed by atoms with E-state index in [1.54, 1.807) is 16.2 Å². The van der Waals surface area contributed by atoms with Gasteiger partial charge in [-0.25, -0.2) is 0 Å². The van der Waals surface area contributed by atoms with E-state index in [-0.39, 0.29) is 18.5 Å². The van der Waals surface area contributed by atoms with Gasteiger partial charge in [-0.3, -0.25) is 4.79 Å². The van der Waals surface area contributed by atoms with Crippen molar-refractivity contribution in [1.29, 1.82) is 0 Å². The molecule has 1 aromatic carbocycles. The van der Waals surface area contributed by atoms with E-state index in [4.69, 9.17) is 0 Å². The smallest absolute Gasteiger partial charge is 0.250 e. The van der Waals surface area contributed by atoms with Crippen LogP contribution < -0.4 is 4.90 Å². The van der Waals surface area contributed by atoms with Crippen LogP contribution in [-0.4, -0.2) is 32.2 Å². The molecule has 0 fully saturated rings. The van der Waals surface area contributed by atoms with Crippen molar-refractivity contribution in [3.05, 3.63) is 47.8 Å². The zero-order chi connectivity index (χ0) is 16.2. The predicted octanol–water partition coefficient (Wildman–Crippen LogP) is 2.84. The van der Waals surface area contributed by atoms with Crippen molar-refractivity contribution in [2.45, 2.75) is 26.4 Å². The third kappa shape index (κ3) is 3.45. The van der Waals surface area contributed by atoms with Crippen LogP contribution in [0.2, 0.25) is 0 Å². The van der Waals surface area contributed by atoms with Crippen LogP contribution in [0.4, 0.5) is 5.69 Å².